The van der Waals surface area contributed by atoms with Crippen LogP contribution >= 0.6 is 11.3 Å². The Labute approximate surface area is 201 Å². The largest absolute Gasteiger partial charge is 0.462 e. The molecule has 1 atom stereocenters. The van der Waals surface area contributed by atoms with E-state index >= 15 is 0 Å². The molecule has 0 bridgehead atoms. The van der Waals surface area contributed by atoms with E-state index in [0.29, 0.717) is 16.1 Å². The van der Waals surface area contributed by atoms with Crippen molar-refractivity contribution in [1.29, 1.82) is 0 Å². The van der Waals surface area contributed by atoms with E-state index in [-0.39, 0.29) is 18.2 Å². The zero-order chi connectivity index (χ0) is 24.2. The predicted molar refractivity (Wildman–Crippen MR) is 129 cm³/mol. The lowest BCUT2D eigenvalue weighted by molar-refractivity contribution is -0.124. The molecule has 0 fully saturated rings. The molecule has 0 saturated carbocycles. The first kappa shape index (κ1) is 23.8. The number of esters is 2. The van der Waals surface area contributed by atoms with Crippen molar-refractivity contribution in [3.8, 4) is 0 Å². The fourth-order valence-corrected chi connectivity index (χ4v) is 5.00. The first-order chi connectivity index (χ1) is 16.4. The Morgan fingerprint density at radius 3 is 2.62 bits per heavy atom. The van der Waals surface area contributed by atoms with Crippen LogP contribution in [0.25, 0.3) is 10.9 Å². The Morgan fingerprint density at radius 1 is 1.09 bits per heavy atom. The number of para-hydroxylation sites is 1. The van der Waals surface area contributed by atoms with E-state index in [4.69, 9.17) is 14.5 Å². The van der Waals surface area contributed by atoms with Crippen LogP contribution in [0.1, 0.15) is 70.1 Å². The Bertz CT molecular complexity index is 1250. The van der Waals surface area contributed by atoms with Crippen LogP contribution in [0.5, 0.6) is 0 Å². The number of aryl methyl sites for hydroxylation is 2. The number of fused-ring (bicyclic) bond motifs is 2. The van der Waals surface area contributed by atoms with Gasteiger partial charge in [-0.2, -0.15) is 0 Å². The summed E-state index contributed by atoms with van der Waals surface area (Å²) < 4.78 is 10.7. The zero-order valence-electron chi connectivity index (χ0n) is 19.5. The maximum Gasteiger partial charge on any atom is 0.350 e. The molecule has 1 N–H and O–H groups in total. The van der Waals surface area contributed by atoms with Gasteiger partial charge in [0, 0.05) is 11.1 Å². The third kappa shape index (κ3) is 4.79. The van der Waals surface area contributed by atoms with E-state index in [0.717, 1.165) is 59.2 Å². The highest BCUT2D eigenvalue weighted by atomic mass is 32.1. The van der Waals surface area contributed by atoms with Crippen LogP contribution in [0, 0.1) is 6.92 Å². The fraction of sp³-hybridized carbons (Fsp3) is 0.400. The summed E-state index contributed by atoms with van der Waals surface area (Å²) in [7, 11) is 0. The summed E-state index contributed by atoms with van der Waals surface area (Å²) in [6.45, 7) is 5.42. The van der Waals surface area contributed by atoms with Crippen molar-refractivity contribution in [2.45, 2.75) is 59.0 Å². The van der Waals surface area contributed by atoms with Gasteiger partial charge in [0.1, 0.15) is 4.88 Å². The van der Waals surface area contributed by atoms with Gasteiger partial charge in [-0.25, -0.2) is 14.6 Å². The first-order valence-corrected chi connectivity index (χ1v) is 12.3. The van der Waals surface area contributed by atoms with Crippen LogP contribution in [0.3, 0.4) is 0 Å². The zero-order valence-corrected chi connectivity index (χ0v) is 20.3. The Balaban J connectivity index is 1.56. The van der Waals surface area contributed by atoms with Crippen molar-refractivity contribution >= 4 is 45.2 Å². The van der Waals surface area contributed by atoms with Crippen LogP contribution in [0.4, 0.5) is 5.13 Å². The summed E-state index contributed by atoms with van der Waals surface area (Å²) in [6, 6.07) is 7.51. The molecule has 0 spiro atoms. The van der Waals surface area contributed by atoms with Gasteiger partial charge in [0.2, 0.25) is 0 Å². The summed E-state index contributed by atoms with van der Waals surface area (Å²) in [4.78, 5) is 47.7. The molecule has 2 heterocycles. The van der Waals surface area contributed by atoms with Crippen LogP contribution in [0.2, 0.25) is 0 Å². The van der Waals surface area contributed by atoms with Crippen molar-refractivity contribution in [3.63, 3.8) is 0 Å². The molecule has 1 aliphatic carbocycles. The number of amides is 1. The normalized spacial score (nSPS) is 13.7. The molecule has 1 aromatic carbocycles. The third-order valence-corrected chi connectivity index (χ3v) is 6.83. The smallest absolute Gasteiger partial charge is 0.350 e. The highest BCUT2D eigenvalue weighted by molar-refractivity contribution is 7.17. The molecule has 1 aliphatic rings. The van der Waals surface area contributed by atoms with Crippen LogP contribution in [-0.2, 0) is 27.1 Å². The van der Waals surface area contributed by atoms with Gasteiger partial charge in [-0.15, -0.1) is 0 Å². The number of nitrogens with zero attached hydrogens (tertiary/aromatic N) is 2. The quantitative estimate of drug-likeness (QED) is 0.490. The SMILES string of the molecule is CCOC(=O)c1sc(NC(=O)[C@H](CC)OC(=O)c2c3c(nc4ccccc24)CCCC3)nc1C. The molecule has 178 valence electrons. The number of anilines is 1. The predicted octanol–water partition coefficient (Wildman–Crippen LogP) is 4.63. The van der Waals surface area contributed by atoms with E-state index in [2.05, 4.69) is 10.3 Å². The monoisotopic (exact) mass is 481 g/mol. The minimum Gasteiger partial charge on any atom is -0.462 e. The molecule has 0 saturated heterocycles. The molecule has 34 heavy (non-hydrogen) atoms. The number of pyridine rings is 1. The number of nitrogens with one attached hydrogen (secondary N) is 1. The van der Waals surface area contributed by atoms with Crippen molar-refractivity contribution in [2.24, 2.45) is 0 Å². The summed E-state index contributed by atoms with van der Waals surface area (Å²) in [5.74, 6) is -1.50. The molecular formula is C25H27N3O5S. The molecule has 2 aromatic heterocycles. The van der Waals surface area contributed by atoms with Gasteiger partial charge in [0.25, 0.3) is 5.91 Å². The second kappa shape index (κ2) is 10.3. The van der Waals surface area contributed by atoms with E-state index in [1.807, 2.05) is 24.3 Å². The van der Waals surface area contributed by atoms with Crippen molar-refractivity contribution < 1.29 is 23.9 Å². The van der Waals surface area contributed by atoms with Crippen LogP contribution < -0.4 is 5.32 Å². The lowest BCUT2D eigenvalue weighted by Crippen LogP contribution is -2.32. The van der Waals surface area contributed by atoms with E-state index in [1.54, 1.807) is 20.8 Å². The molecular weight excluding hydrogens is 454 g/mol. The molecule has 1 amide bonds. The van der Waals surface area contributed by atoms with E-state index in [9.17, 15) is 14.4 Å². The minimum absolute atomic E-state index is 0.249. The van der Waals surface area contributed by atoms with Gasteiger partial charge >= 0.3 is 11.9 Å². The van der Waals surface area contributed by atoms with Crippen molar-refractivity contribution in [3.05, 3.63) is 51.7 Å². The van der Waals surface area contributed by atoms with Gasteiger partial charge in [-0.3, -0.25) is 15.1 Å². The number of rotatable bonds is 7. The number of aromatic nitrogens is 2. The molecule has 9 heteroatoms. The van der Waals surface area contributed by atoms with Crippen LogP contribution in [-0.4, -0.2) is 40.5 Å². The first-order valence-electron chi connectivity index (χ1n) is 11.5. The third-order valence-electron chi connectivity index (χ3n) is 5.77. The summed E-state index contributed by atoms with van der Waals surface area (Å²) in [6.07, 6.45) is 2.89. The highest BCUT2D eigenvalue weighted by Crippen LogP contribution is 2.30. The number of benzene rings is 1. The van der Waals surface area contributed by atoms with Gasteiger partial charge in [-0.1, -0.05) is 36.5 Å². The number of hydrogen-bond acceptors (Lipinski definition) is 8. The average Bonchev–Trinajstić information content (AvgIpc) is 3.20. The maximum atomic E-state index is 13.4. The van der Waals surface area contributed by atoms with E-state index < -0.39 is 23.9 Å². The second-order valence-corrected chi connectivity index (χ2v) is 9.08. The molecule has 0 radical (unpaired) electrons. The number of thiazole rings is 1. The molecule has 8 nitrogen and oxygen atoms in total. The Kier molecular flexibility index (Phi) is 7.21. The number of hydrogen-bond donors (Lipinski definition) is 1. The fourth-order valence-electron chi connectivity index (χ4n) is 4.14. The molecule has 0 aliphatic heterocycles. The lowest BCUT2D eigenvalue weighted by Gasteiger charge is -2.21. The molecule has 3 aromatic rings. The summed E-state index contributed by atoms with van der Waals surface area (Å²) >= 11 is 1.03. The average molecular weight is 482 g/mol. The second-order valence-electron chi connectivity index (χ2n) is 8.08. The molecule has 4 rings (SSSR count). The van der Waals surface area contributed by atoms with Crippen LogP contribution in [0.15, 0.2) is 24.3 Å². The topological polar surface area (TPSA) is 107 Å². The number of carbonyl (C=O) groups is 3. The number of ether oxygens (including phenoxy) is 2. The van der Waals surface area contributed by atoms with Crippen molar-refractivity contribution in [2.75, 3.05) is 11.9 Å². The standard InChI is InChI=1S/C25H27N3O5S/c1-4-19(22(29)28-25-26-14(3)21(34-25)24(31)32-5-2)33-23(30)20-15-10-6-8-12-17(15)27-18-13-9-7-11-16(18)20/h6,8,10,12,19H,4-5,7,9,11,13H2,1-3H3,(H,26,28,29)/t19-/m0/s1. The Hall–Kier alpha value is -3.33. The summed E-state index contributed by atoms with van der Waals surface area (Å²) in [5, 5.41) is 3.67. The van der Waals surface area contributed by atoms with Gasteiger partial charge < -0.3 is 9.47 Å². The maximum absolute atomic E-state index is 13.4. The highest BCUT2D eigenvalue weighted by Gasteiger charge is 2.28. The minimum atomic E-state index is -1.01. The van der Waals surface area contributed by atoms with Gasteiger partial charge in [-0.05, 0) is 57.6 Å². The Morgan fingerprint density at radius 2 is 1.85 bits per heavy atom. The molecule has 0 unspecified atom stereocenters. The van der Waals surface area contributed by atoms with Gasteiger partial charge in [0.15, 0.2) is 11.2 Å². The number of carbonyl (C=O) groups excluding carboxylic acids is 3. The summed E-state index contributed by atoms with van der Waals surface area (Å²) in [5.41, 5.74) is 3.57. The van der Waals surface area contributed by atoms with Gasteiger partial charge in [0.05, 0.1) is 23.4 Å². The lowest BCUT2D eigenvalue weighted by atomic mass is 9.90. The van der Waals surface area contributed by atoms with E-state index in [1.165, 1.54) is 0 Å². The van der Waals surface area contributed by atoms with Crippen molar-refractivity contribution in [1.82, 2.24) is 9.97 Å².